The molecule has 0 aliphatic heterocycles. The first-order valence-corrected chi connectivity index (χ1v) is 16.7. The zero-order chi connectivity index (χ0) is 33.0. The smallest absolute Gasteiger partial charge is 0.164 e. The minimum atomic E-state index is 0.603. The summed E-state index contributed by atoms with van der Waals surface area (Å²) in [4.78, 5) is 10.4. The number of aromatic nitrogens is 2. The number of furan rings is 2. The predicted molar refractivity (Wildman–Crippen MR) is 204 cm³/mol. The van der Waals surface area contributed by atoms with Gasteiger partial charge in [0.2, 0.25) is 0 Å². The summed E-state index contributed by atoms with van der Waals surface area (Å²) < 4.78 is 13.2. The molecule has 0 spiro atoms. The molecular weight excluding hydrogens is 613 g/mol. The SMILES string of the molecule is c1ccc(-c2ccc(-c3cc(-c4ccccc4)nc(-c4ccc(-c5cccc6c5oc5ccccc56)c5c4oc4ccccc45)n3)cc2)cc1. The van der Waals surface area contributed by atoms with Gasteiger partial charge in [-0.15, -0.1) is 0 Å². The second-order valence-corrected chi connectivity index (χ2v) is 12.5. The Labute approximate surface area is 287 Å². The van der Waals surface area contributed by atoms with Crippen LogP contribution >= 0.6 is 0 Å². The summed E-state index contributed by atoms with van der Waals surface area (Å²) in [7, 11) is 0. The van der Waals surface area contributed by atoms with Gasteiger partial charge in [-0.2, -0.15) is 0 Å². The van der Waals surface area contributed by atoms with Crippen molar-refractivity contribution in [1.82, 2.24) is 9.97 Å². The molecule has 0 unspecified atom stereocenters. The Morgan fingerprint density at radius 3 is 1.60 bits per heavy atom. The van der Waals surface area contributed by atoms with E-state index in [-0.39, 0.29) is 0 Å². The van der Waals surface area contributed by atoms with Crippen molar-refractivity contribution in [3.05, 3.63) is 170 Å². The van der Waals surface area contributed by atoms with Gasteiger partial charge in [-0.1, -0.05) is 146 Å². The lowest BCUT2D eigenvalue weighted by Crippen LogP contribution is -1.96. The highest BCUT2D eigenvalue weighted by molar-refractivity contribution is 6.19. The number of para-hydroxylation sites is 3. The quantitative estimate of drug-likeness (QED) is 0.188. The second kappa shape index (κ2) is 11.4. The lowest BCUT2D eigenvalue weighted by Gasteiger charge is -2.12. The number of hydrogen-bond donors (Lipinski definition) is 0. The Morgan fingerprint density at radius 2 is 0.860 bits per heavy atom. The molecule has 0 N–H and O–H groups in total. The molecule has 0 aliphatic carbocycles. The highest BCUT2D eigenvalue weighted by atomic mass is 16.3. The van der Waals surface area contributed by atoms with E-state index in [1.807, 2.05) is 48.5 Å². The van der Waals surface area contributed by atoms with Crippen LogP contribution in [-0.2, 0) is 0 Å². The molecule has 0 saturated carbocycles. The van der Waals surface area contributed by atoms with Crippen molar-refractivity contribution >= 4 is 43.9 Å². The van der Waals surface area contributed by atoms with Crippen LogP contribution in [-0.4, -0.2) is 9.97 Å². The molecule has 7 aromatic carbocycles. The van der Waals surface area contributed by atoms with E-state index in [1.165, 1.54) is 5.56 Å². The van der Waals surface area contributed by atoms with Crippen LogP contribution in [0.5, 0.6) is 0 Å². The molecule has 0 radical (unpaired) electrons. The fourth-order valence-corrected chi connectivity index (χ4v) is 7.12. The minimum Gasteiger partial charge on any atom is -0.455 e. The van der Waals surface area contributed by atoms with Gasteiger partial charge in [-0.3, -0.25) is 0 Å². The Morgan fingerprint density at radius 1 is 0.340 bits per heavy atom. The summed E-state index contributed by atoms with van der Waals surface area (Å²) in [5, 5.41) is 4.23. The standard InChI is InChI=1S/C46H28N2O2/c1-3-12-29(13-4-1)30-22-24-32(25-23-30)40-28-39(31-14-5-2-6-15-31)47-46(48-40)38-27-26-34(43-37-17-8-10-21-42(37)50-45(38)43)36-19-11-18-35-33-16-7-9-20-41(33)49-44(35)36/h1-28H. The van der Waals surface area contributed by atoms with Crippen LogP contribution in [0, 0.1) is 0 Å². The third-order valence-electron chi connectivity index (χ3n) is 9.54. The fourth-order valence-electron chi connectivity index (χ4n) is 7.12. The molecule has 10 rings (SSSR count). The van der Waals surface area contributed by atoms with E-state index in [0.717, 1.165) is 88.6 Å². The van der Waals surface area contributed by atoms with Crippen LogP contribution in [0.15, 0.2) is 179 Å². The number of fused-ring (bicyclic) bond motifs is 6. The largest absolute Gasteiger partial charge is 0.455 e. The maximum absolute atomic E-state index is 6.72. The van der Waals surface area contributed by atoms with Crippen LogP contribution in [0.2, 0.25) is 0 Å². The van der Waals surface area contributed by atoms with E-state index < -0.39 is 0 Å². The monoisotopic (exact) mass is 640 g/mol. The maximum atomic E-state index is 6.72. The molecule has 0 saturated heterocycles. The molecule has 0 amide bonds. The first-order valence-electron chi connectivity index (χ1n) is 16.7. The van der Waals surface area contributed by atoms with Gasteiger partial charge in [0.25, 0.3) is 0 Å². The third-order valence-corrected chi connectivity index (χ3v) is 9.54. The van der Waals surface area contributed by atoms with Crippen molar-refractivity contribution in [2.75, 3.05) is 0 Å². The Kier molecular flexibility index (Phi) is 6.46. The summed E-state index contributed by atoms with van der Waals surface area (Å²) >= 11 is 0. The molecule has 3 aromatic heterocycles. The van der Waals surface area contributed by atoms with E-state index in [9.17, 15) is 0 Å². The predicted octanol–water partition coefficient (Wildman–Crippen LogP) is 12.6. The third kappa shape index (κ3) is 4.61. The summed E-state index contributed by atoms with van der Waals surface area (Å²) in [5.41, 5.74) is 12.2. The van der Waals surface area contributed by atoms with E-state index in [2.05, 4.69) is 121 Å². The number of rotatable bonds is 5. The van der Waals surface area contributed by atoms with Gasteiger partial charge in [0.15, 0.2) is 5.82 Å². The lowest BCUT2D eigenvalue weighted by atomic mass is 9.95. The van der Waals surface area contributed by atoms with Crippen molar-refractivity contribution in [1.29, 1.82) is 0 Å². The van der Waals surface area contributed by atoms with Crippen LogP contribution in [0.25, 0.3) is 100 Å². The first kappa shape index (κ1) is 28.3. The second-order valence-electron chi connectivity index (χ2n) is 12.5. The Hall–Kier alpha value is -6.78. The van der Waals surface area contributed by atoms with Crippen molar-refractivity contribution in [2.24, 2.45) is 0 Å². The van der Waals surface area contributed by atoms with Gasteiger partial charge in [0.1, 0.15) is 22.3 Å². The molecule has 0 bridgehead atoms. The summed E-state index contributed by atoms with van der Waals surface area (Å²) in [6, 6.07) is 58.3. The van der Waals surface area contributed by atoms with Crippen molar-refractivity contribution in [3.63, 3.8) is 0 Å². The van der Waals surface area contributed by atoms with Crippen LogP contribution in [0.3, 0.4) is 0 Å². The van der Waals surface area contributed by atoms with Crippen LogP contribution in [0.1, 0.15) is 0 Å². The summed E-state index contributed by atoms with van der Waals surface area (Å²) in [5.74, 6) is 0.603. The molecule has 4 heteroatoms. The van der Waals surface area contributed by atoms with Crippen LogP contribution < -0.4 is 0 Å². The molecular formula is C46H28N2O2. The van der Waals surface area contributed by atoms with E-state index >= 15 is 0 Å². The zero-order valence-corrected chi connectivity index (χ0v) is 26.9. The molecule has 50 heavy (non-hydrogen) atoms. The summed E-state index contributed by atoms with van der Waals surface area (Å²) in [6.45, 7) is 0. The number of benzene rings is 7. The summed E-state index contributed by atoms with van der Waals surface area (Å²) in [6.07, 6.45) is 0. The lowest BCUT2D eigenvalue weighted by molar-refractivity contribution is 0.669. The van der Waals surface area contributed by atoms with Gasteiger partial charge in [-0.25, -0.2) is 9.97 Å². The molecule has 0 aliphatic rings. The maximum Gasteiger partial charge on any atom is 0.164 e. The molecule has 0 atom stereocenters. The Balaban J connectivity index is 1.20. The Bertz CT molecular complexity index is 2850. The van der Waals surface area contributed by atoms with Crippen molar-refractivity contribution < 1.29 is 8.83 Å². The average molecular weight is 641 g/mol. The topological polar surface area (TPSA) is 52.1 Å². The van der Waals surface area contributed by atoms with Crippen molar-refractivity contribution in [3.8, 4) is 56.2 Å². The molecule has 234 valence electrons. The highest BCUT2D eigenvalue weighted by Gasteiger charge is 2.22. The van der Waals surface area contributed by atoms with Crippen molar-refractivity contribution in [2.45, 2.75) is 0 Å². The average Bonchev–Trinajstić information content (AvgIpc) is 3.78. The minimum absolute atomic E-state index is 0.603. The van der Waals surface area contributed by atoms with Gasteiger partial charge >= 0.3 is 0 Å². The fraction of sp³-hybridized carbons (Fsp3) is 0. The normalized spacial score (nSPS) is 11.6. The van der Waals surface area contributed by atoms with Gasteiger partial charge in [0.05, 0.1) is 17.0 Å². The van der Waals surface area contributed by atoms with Gasteiger partial charge in [0, 0.05) is 38.2 Å². The van der Waals surface area contributed by atoms with E-state index in [1.54, 1.807) is 0 Å². The van der Waals surface area contributed by atoms with E-state index in [0.29, 0.717) is 5.82 Å². The van der Waals surface area contributed by atoms with Crippen LogP contribution in [0.4, 0.5) is 0 Å². The molecule has 3 heterocycles. The number of hydrogen-bond acceptors (Lipinski definition) is 4. The molecule has 10 aromatic rings. The highest BCUT2D eigenvalue weighted by Crippen LogP contribution is 2.44. The molecule has 4 nitrogen and oxygen atoms in total. The zero-order valence-electron chi connectivity index (χ0n) is 26.9. The first-order chi connectivity index (χ1) is 24.8. The number of nitrogens with zero attached hydrogens (tertiary/aromatic N) is 2. The van der Waals surface area contributed by atoms with E-state index in [4.69, 9.17) is 18.8 Å². The molecule has 0 fully saturated rings. The van der Waals surface area contributed by atoms with Gasteiger partial charge < -0.3 is 8.83 Å². The van der Waals surface area contributed by atoms with Gasteiger partial charge in [-0.05, 0) is 41.0 Å².